The highest BCUT2D eigenvalue weighted by Crippen LogP contribution is 2.36. The first kappa shape index (κ1) is 15.3. The minimum atomic E-state index is -0.295. The summed E-state index contributed by atoms with van der Waals surface area (Å²) >= 11 is 0. The summed E-state index contributed by atoms with van der Waals surface area (Å²) in [7, 11) is 0. The second-order valence-corrected chi connectivity index (χ2v) is 7.32. The molecule has 0 aromatic carbocycles. The molecule has 3 heteroatoms. The van der Waals surface area contributed by atoms with Gasteiger partial charge >= 0.3 is 0 Å². The fourth-order valence-corrected chi connectivity index (χ4v) is 4.26. The van der Waals surface area contributed by atoms with E-state index in [-0.39, 0.29) is 12.1 Å². The smallest absolute Gasteiger partial charge is 0.0613 e. The molecule has 0 aromatic heterocycles. The molecule has 0 bridgehead atoms. The van der Waals surface area contributed by atoms with E-state index in [4.69, 9.17) is 5.73 Å². The van der Waals surface area contributed by atoms with Crippen LogP contribution in [0.5, 0.6) is 0 Å². The van der Waals surface area contributed by atoms with Crippen LogP contribution in [0.25, 0.3) is 0 Å². The fourth-order valence-electron chi connectivity index (χ4n) is 4.26. The van der Waals surface area contributed by atoms with Crippen LogP contribution in [-0.2, 0) is 0 Å². The van der Waals surface area contributed by atoms with Crippen molar-refractivity contribution in [1.29, 1.82) is 0 Å². The van der Waals surface area contributed by atoms with Crippen LogP contribution in [0.2, 0.25) is 0 Å². The Morgan fingerprint density at radius 3 is 2.74 bits per heavy atom. The van der Waals surface area contributed by atoms with Gasteiger partial charge in [-0.3, -0.25) is 0 Å². The van der Waals surface area contributed by atoms with Gasteiger partial charge in [0.05, 0.1) is 6.61 Å². The number of hydrogen-bond acceptors (Lipinski definition) is 3. The standard InChI is InChI=1S/C16H32N2O/c1-12-9-13(2)14(3)18(10-12)8-6-15-5-4-7-16(15,17)11-19/h12-15,19H,4-11,17H2,1-3H3. The molecule has 112 valence electrons. The molecule has 1 saturated heterocycles. The van der Waals surface area contributed by atoms with Gasteiger partial charge in [0.15, 0.2) is 0 Å². The van der Waals surface area contributed by atoms with Gasteiger partial charge in [-0.2, -0.15) is 0 Å². The highest BCUT2D eigenvalue weighted by Gasteiger charge is 2.39. The number of aliphatic hydroxyl groups is 1. The molecule has 5 atom stereocenters. The molecule has 3 N–H and O–H groups in total. The Balaban J connectivity index is 1.87. The van der Waals surface area contributed by atoms with Crippen molar-refractivity contribution in [2.45, 2.75) is 64.5 Å². The first-order valence-electron chi connectivity index (χ1n) is 8.10. The molecule has 1 aliphatic carbocycles. The number of nitrogens with two attached hydrogens (primary N) is 1. The minimum Gasteiger partial charge on any atom is -0.394 e. The van der Waals surface area contributed by atoms with Gasteiger partial charge < -0.3 is 15.7 Å². The van der Waals surface area contributed by atoms with Crippen molar-refractivity contribution in [2.75, 3.05) is 19.7 Å². The highest BCUT2D eigenvalue weighted by molar-refractivity contribution is 4.96. The van der Waals surface area contributed by atoms with E-state index in [1.54, 1.807) is 0 Å². The average Bonchev–Trinajstić information content (AvgIpc) is 2.74. The van der Waals surface area contributed by atoms with Crippen molar-refractivity contribution in [2.24, 2.45) is 23.5 Å². The molecule has 1 aliphatic heterocycles. The first-order valence-corrected chi connectivity index (χ1v) is 8.10. The maximum absolute atomic E-state index is 9.53. The van der Waals surface area contributed by atoms with Crippen molar-refractivity contribution in [3.63, 3.8) is 0 Å². The van der Waals surface area contributed by atoms with Gasteiger partial charge in [-0.15, -0.1) is 0 Å². The van der Waals surface area contributed by atoms with Crippen LogP contribution in [0, 0.1) is 17.8 Å². The molecular formula is C16H32N2O. The third-order valence-electron chi connectivity index (χ3n) is 5.79. The van der Waals surface area contributed by atoms with Gasteiger partial charge in [-0.25, -0.2) is 0 Å². The van der Waals surface area contributed by atoms with Gasteiger partial charge in [0, 0.05) is 18.1 Å². The van der Waals surface area contributed by atoms with Crippen molar-refractivity contribution in [1.82, 2.24) is 4.90 Å². The summed E-state index contributed by atoms with van der Waals surface area (Å²) < 4.78 is 0. The summed E-state index contributed by atoms with van der Waals surface area (Å²) in [5.41, 5.74) is 6.04. The normalized spacial score (nSPS) is 44.7. The lowest BCUT2D eigenvalue weighted by atomic mass is 9.83. The van der Waals surface area contributed by atoms with Crippen LogP contribution in [0.1, 0.15) is 52.9 Å². The molecule has 2 fully saturated rings. The predicted molar refractivity (Wildman–Crippen MR) is 79.9 cm³/mol. The second-order valence-electron chi connectivity index (χ2n) is 7.32. The number of likely N-dealkylation sites (tertiary alicyclic amines) is 1. The number of rotatable bonds is 4. The van der Waals surface area contributed by atoms with E-state index >= 15 is 0 Å². The van der Waals surface area contributed by atoms with E-state index < -0.39 is 0 Å². The third kappa shape index (κ3) is 3.32. The average molecular weight is 268 g/mol. The van der Waals surface area contributed by atoms with Crippen LogP contribution in [0.4, 0.5) is 0 Å². The van der Waals surface area contributed by atoms with Gasteiger partial charge in [0.1, 0.15) is 0 Å². The van der Waals surface area contributed by atoms with Crippen molar-refractivity contribution < 1.29 is 5.11 Å². The molecule has 0 aromatic rings. The van der Waals surface area contributed by atoms with E-state index in [0.717, 1.165) is 31.2 Å². The summed E-state index contributed by atoms with van der Waals surface area (Å²) in [5.74, 6) is 2.13. The monoisotopic (exact) mass is 268 g/mol. The minimum absolute atomic E-state index is 0.153. The topological polar surface area (TPSA) is 49.5 Å². The molecule has 0 spiro atoms. The molecule has 2 rings (SSSR count). The van der Waals surface area contributed by atoms with Crippen LogP contribution in [0.15, 0.2) is 0 Å². The zero-order chi connectivity index (χ0) is 14.0. The lowest BCUT2D eigenvalue weighted by molar-refractivity contribution is 0.0663. The molecule has 1 heterocycles. The molecule has 1 saturated carbocycles. The molecule has 2 aliphatic rings. The summed E-state index contributed by atoms with van der Waals surface area (Å²) in [4.78, 5) is 2.65. The van der Waals surface area contributed by atoms with E-state index in [2.05, 4.69) is 25.7 Å². The van der Waals surface area contributed by atoms with E-state index in [0.29, 0.717) is 12.0 Å². The third-order valence-corrected chi connectivity index (χ3v) is 5.79. The lowest BCUT2D eigenvalue weighted by Gasteiger charge is -2.42. The molecule has 5 unspecified atom stereocenters. The SMILES string of the molecule is CC1CC(C)C(C)N(CCC2CCCC2(N)CO)C1. The maximum atomic E-state index is 9.53. The Labute approximate surface area is 118 Å². The van der Waals surface area contributed by atoms with E-state index in [9.17, 15) is 5.11 Å². The molecule has 3 nitrogen and oxygen atoms in total. The number of nitrogens with zero attached hydrogens (tertiary/aromatic N) is 1. The molecule has 0 amide bonds. The van der Waals surface area contributed by atoms with Crippen molar-refractivity contribution >= 4 is 0 Å². The van der Waals surface area contributed by atoms with Gasteiger partial charge in [-0.05, 0) is 56.9 Å². The van der Waals surface area contributed by atoms with Gasteiger partial charge in [0.25, 0.3) is 0 Å². The van der Waals surface area contributed by atoms with Crippen LogP contribution in [0.3, 0.4) is 0 Å². The number of hydrogen-bond donors (Lipinski definition) is 2. The predicted octanol–water partition coefficient (Wildman–Crippen LogP) is 2.23. The maximum Gasteiger partial charge on any atom is 0.0613 e. The number of piperidine rings is 1. The zero-order valence-corrected chi connectivity index (χ0v) is 12.9. The summed E-state index contributed by atoms with van der Waals surface area (Å²) in [6.07, 6.45) is 5.89. The Morgan fingerprint density at radius 2 is 2.05 bits per heavy atom. The lowest BCUT2D eigenvalue weighted by Crippen LogP contribution is -2.50. The van der Waals surface area contributed by atoms with Gasteiger partial charge in [-0.1, -0.05) is 20.3 Å². The quantitative estimate of drug-likeness (QED) is 0.822. The van der Waals surface area contributed by atoms with Crippen molar-refractivity contribution in [3.05, 3.63) is 0 Å². The Bertz CT molecular complexity index is 296. The summed E-state index contributed by atoms with van der Waals surface area (Å²) in [6, 6.07) is 0.693. The second kappa shape index (κ2) is 6.11. The van der Waals surface area contributed by atoms with E-state index in [1.165, 1.54) is 25.8 Å². The Hall–Kier alpha value is -0.120. The molecule has 0 radical (unpaired) electrons. The van der Waals surface area contributed by atoms with Crippen molar-refractivity contribution in [3.8, 4) is 0 Å². The largest absolute Gasteiger partial charge is 0.394 e. The molecule has 19 heavy (non-hydrogen) atoms. The Kier molecular flexibility index (Phi) is 4.91. The van der Waals surface area contributed by atoms with E-state index in [1.807, 2.05) is 0 Å². The fraction of sp³-hybridized carbons (Fsp3) is 1.00. The van der Waals surface area contributed by atoms with Crippen LogP contribution < -0.4 is 5.73 Å². The summed E-state index contributed by atoms with van der Waals surface area (Å²) in [5, 5.41) is 9.53. The Morgan fingerprint density at radius 1 is 1.32 bits per heavy atom. The zero-order valence-electron chi connectivity index (χ0n) is 12.9. The van der Waals surface area contributed by atoms with Gasteiger partial charge in [0.2, 0.25) is 0 Å². The van der Waals surface area contributed by atoms with Crippen LogP contribution >= 0.6 is 0 Å². The van der Waals surface area contributed by atoms with Crippen LogP contribution in [-0.4, -0.2) is 41.3 Å². The number of aliphatic hydroxyl groups excluding tert-OH is 1. The first-order chi connectivity index (χ1) is 8.96. The molecular weight excluding hydrogens is 236 g/mol. The summed E-state index contributed by atoms with van der Waals surface area (Å²) in [6.45, 7) is 9.65. The highest BCUT2D eigenvalue weighted by atomic mass is 16.3.